The predicted octanol–water partition coefficient (Wildman–Crippen LogP) is 1.14. The highest BCUT2D eigenvalue weighted by atomic mass is 32.1. The zero-order valence-corrected chi connectivity index (χ0v) is 11.0. The van der Waals surface area contributed by atoms with E-state index in [1.165, 1.54) is 6.33 Å². The van der Waals surface area contributed by atoms with Crippen molar-refractivity contribution in [2.75, 3.05) is 0 Å². The van der Waals surface area contributed by atoms with Gasteiger partial charge in [0.25, 0.3) is 0 Å². The molecule has 3 rings (SSSR count). The first-order valence-corrected chi connectivity index (χ1v) is 6.59. The van der Waals surface area contributed by atoms with Gasteiger partial charge in [-0.05, 0) is 0 Å². The summed E-state index contributed by atoms with van der Waals surface area (Å²) in [6, 6.07) is 0. The van der Waals surface area contributed by atoms with Crippen LogP contribution in [-0.2, 0) is 13.0 Å². The summed E-state index contributed by atoms with van der Waals surface area (Å²) in [6.45, 7) is 4.96. The summed E-state index contributed by atoms with van der Waals surface area (Å²) < 4.78 is 3.64. The number of hydrogen-bond acceptors (Lipinski definition) is 6. The monoisotopic (exact) mass is 263 g/mol. The van der Waals surface area contributed by atoms with Crippen molar-refractivity contribution < 1.29 is 0 Å². The van der Waals surface area contributed by atoms with Crippen LogP contribution >= 0.6 is 11.3 Å². The van der Waals surface area contributed by atoms with E-state index >= 15 is 0 Å². The van der Waals surface area contributed by atoms with Crippen LogP contribution in [0.25, 0.3) is 4.96 Å². The number of aryl methyl sites for hydroxylation is 2. The lowest BCUT2D eigenvalue weighted by Crippen LogP contribution is -2.03. The van der Waals surface area contributed by atoms with Crippen LogP contribution in [0.5, 0.6) is 0 Å². The van der Waals surface area contributed by atoms with Crippen molar-refractivity contribution in [3.8, 4) is 0 Å². The molecule has 0 aliphatic carbocycles. The van der Waals surface area contributed by atoms with Gasteiger partial charge in [0, 0.05) is 18.9 Å². The molecule has 0 bridgehead atoms. The van der Waals surface area contributed by atoms with Gasteiger partial charge in [-0.2, -0.15) is 14.7 Å². The van der Waals surface area contributed by atoms with Gasteiger partial charge in [0.15, 0.2) is 5.82 Å². The van der Waals surface area contributed by atoms with E-state index in [-0.39, 0.29) is 0 Å². The van der Waals surface area contributed by atoms with Crippen LogP contribution in [0.1, 0.15) is 30.6 Å². The molecule has 0 saturated heterocycles. The molecule has 0 radical (unpaired) electrons. The second-order valence-electron chi connectivity index (χ2n) is 4.31. The third-order valence-corrected chi connectivity index (χ3v) is 3.55. The minimum atomic E-state index is 0.324. The highest BCUT2D eigenvalue weighted by Crippen LogP contribution is 2.18. The molecule has 0 spiro atoms. The Balaban J connectivity index is 1.81. The summed E-state index contributed by atoms with van der Waals surface area (Å²) in [5.74, 6) is 1.23. The molecule has 3 heterocycles. The maximum absolute atomic E-state index is 4.54. The van der Waals surface area contributed by atoms with Gasteiger partial charge < -0.3 is 0 Å². The Hall–Kier alpha value is -1.83. The van der Waals surface area contributed by atoms with Crippen LogP contribution in [0.3, 0.4) is 0 Å². The molecule has 94 valence electrons. The van der Waals surface area contributed by atoms with Gasteiger partial charge in [0.2, 0.25) is 4.96 Å². The molecule has 0 fully saturated rings. The Morgan fingerprint density at radius 2 is 2.22 bits per heavy atom. The van der Waals surface area contributed by atoms with Gasteiger partial charge in [-0.3, -0.25) is 4.68 Å². The van der Waals surface area contributed by atoms with Crippen molar-refractivity contribution in [3.05, 3.63) is 23.5 Å². The van der Waals surface area contributed by atoms with E-state index in [4.69, 9.17) is 0 Å². The standard InChI is InChI=1S/C10H13N7S/c1-7(2)9-13-14-10-17(9)15-8(18-10)3-4-16-6-11-5-12-16/h5-7H,3-4H2,1-2H3. The highest BCUT2D eigenvalue weighted by molar-refractivity contribution is 7.16. The molecule has 0 saturated carbocycles. The predicted molar refractivity (Wildman–Crippen MR) is 66.5 cm³/mol. The molecule has 8 heteroatoms. The van der Waals surface area contributed by atoms with E-state index in [9.17, 15) is 0 Å². The molecule has 0 unspecified atom stereocenters. The minimum Gasteiger partial charge on any atom is -0.253 e. The maximum atomic E-state index is 4.54. The smallest absolute Gasteiger partial charge is 0.234 e. The van der Waals surface area contributed by atoms with Crippen molar-refractivity contribution in [3.63, 3.8) is 0 Å². The topological polar surface area (TPSA) is 73.8 Å². The second-order valence-corrected chi connectivity index (χ2v) is 5.35. The Labute approximate surface area is 107 Å². The van der Waals surface area contributed by atoms with Gasteiger partial charge >= 0.3 is 0 Å². The largest absolute Gasteiger partial charge is 0.253 e. The van der Waals surface area contributed by atoms with Gasteiger partial charge in [-0.1, -0.05) is 25.2 Å². The number of nitrogens with zero attached hydrogens (tertiary/aromatic N) is 7. The van der Waals surface area contributed by atoms with E-state index in [0.717, 1.165) is 28.8 Å². The van der Waals surface area contributed by atoms with Crippen LogP contribution in [0.2, 0.25) is 0 Å². The zero-order chi connectivity index (χ0) is 12.5. The normalized spacial score (nSPS) is 11.7. The van der Waals surface area contributed by atoms with Crippen molar-refractivity contribution in [2.45, 2.75) is 32.7 Å². The summed E-state index contributed by atoms with van der Waals surface area (Å²) in [6.07, 6.45) is 4.07. The Kier molecular flexibility index (Phi) is 2.78. The molecule has 3 aromatic heterocycles. The lowest BCUT2D eigenvalue weighted by molar-refractivity contribution is 0.605. The van der Waals surface area contributed by atoms with E-state index in [1.807, 2.05) is 4.52 Å². The lowest BCUT2D eigenvalue weighted by Gasteiger charge is -1.98. The van der Waals surface area contributed by atoms with Crippen molar-refractivity contribution in [1.29, 1.82) is 0 Å². The first-order valence-electron chi connectivity index (χ1n) is 5.77. The average molecular weight is 263 g/mol. The first-order chi connectivity index (χ1) is 8.74. The van der Waals surface area contributed by atoms with Crippen LogP contribution in [0, 0.1) is 0 Å². The number of hydrogen-bond donors (Lipinski definition) is 0. The number of aromatic nitrogens is 7. The van der Waals surface area contributed by atoms with Crippen molar-refractivity contribution in [1.82, 2.24) is 34.6 Å². The van der Waals surface area contributed by atoms with Crippen molar-refractivity contribution in [2.24, 2.45) is 0 Å². The Morgan fingerprint density at radius 1 is 1.33 bits per heavy atom. The van der Waals surface area contributed by atoms with Crippen LogP contribution in [0.15, 0.2) is 12.7 Å². The van der Waals surface area contributed by atoms with E-state index in [2.05, 4.69) is 39.2 Å². The summed E-state index contributed by atoms with van der Waals surface area (Å²) in [5, 5.41) is 17.9. The Morgan fingerprint density at radius 3 is 2.94 bits per heavy atom. The number of rotatable bonds is 4. The molecular weight excluding hydrogens is 250 g/mol. The number of fused-ring (bicyclic) bond motifs is 1. The third kappa shape index (κ3) is 1.99. The van der Waals surface area contributed by atoms with Crippen LogP contribution < -0.4 is 0 Å². The molecule has 0 aliphatic heterocycles. The fourth-order valence-electron chi connectivity index (χ4n) is 1.69. The third-order valence-electron chi connectivity index (χ3n) is 2.59. The lowest BCUT2D eigenvalue weighted by atomic mass is 10.2. The maximum Gasteiger partial charge on any atom is 0.234 e. The molecule has 0 aromatic carbocycles. The van der Waals surface area contributed by atoms with Crippen molar-refractivity contribution >= 4 is 16.3 Å². The summed E-state index contributed by atoms with van der Waals surface area (Å²) in [7, 11) is 0. The van der Waals surface area contributed by atoms with E-state index < -0.39 is 0 Å². The first kappa shape index (κ1) is 11.3. The minimum absolute atomic E-state index is 0.324. The van der Waals surface area contributed by atoms with E-state index in [0.29, 0.717) is 5.92 Å². The molecule has 18 heavy (non-hydrogen) atoms. The van der Waals surface area contributed by atoms with E-state index in [1.54, 1.807) is 22.3 Å². The molecule has 0 atom stereocenters. The van der Waals surface area contributed by atoms with Gasteiger partial charge in [-0.25, -0.2) is 4.98 Å². The van der Waals surface area contributed by atoms with Crippen LogP contribution in [0.4, 0.5) is 0 Å². The highest BCUT2D eigenvalue weighted by Gasteiger charge is 2.13. The second kappa shape index (κ2) is 4.45. The molecule has 0 N–H and O–H groups in total. The van der Waals surface area contributed by atoms with Gasteiger partial charge in [-0.15, -0.1) is 10.2 Å². The quantitative estimate of drug-likeness (QED) is 0.705. The molecule has 3 aromatic rings. The molecule has 7 nitrogen and oxygen atoms in total. The molecule has 0 aliphatic rings. The van der Waals surface area contributed by atoms with Crippen LogP contribution in [-0.4, -0.2) is 34.6 Å². The summed E-state index contributed by atoms with van der Waals surface area (Å²) in [5.41, 5.74) is 0. The summed E-state index contributed by atoms with van der Waals surface area (Å²) in [4.78, 5) is 4.77. The zero-order valence-electron chi connectivity index (χ0n) is 10.2. The fourth-order valence-corrected chi connectivity index (χ4v) is 2.52. The average Bonchev–Trinajstić information content (AvgIpc) is 3.02. The van der Waals surface area contributed by atoms with Gasteiger partial charge in [0.1, 0.15) is 17.7 Å². The van der Waals surface area contributed by atoms with Gasteiger partial charge in [0.05, 0.1) is 0 Å². The SMILES string of the molecule is CC(C)c1nnc2sc(CCn3cncn3)nn12. The molecular formula is C10H13N7S. The summed E-state index contributed by atoms with van der Waals surface area (Å²) >= 11 is 1.57. The molecule has 0 amide bonds. The Bertz CT molecular complexity index is 636. The fraction of sp³-hybridized carbons (Fsp3) is 0.500.